The van der Waals surface area contributed by atoms with Gasteiger partial charge in [0, 0.05) is 26.0 Å². The van der Waals surface area contributed by atoms with Crippen LogP contribution in [0.15, 0.2) is 30.4 Å². The number of methoxy groups -OCH3 is 2. The summed E-state index contributed by atoms with van der Waals surface area (Å²) in [6.45, 7) is 2.36. The van der Waals surface area contributed by atoms with Gasteiger partial charge in [0.2, 0.25) is 0 Å². The van der Waals surface area contributed by atoms with E-state index in [1.165, 1.54) is 30.6 Å². The maximum atomic E-state index is 5.67. The number of nitrogens with zero attached hydrogens (tertiary/aromatic N) is 1. The Morgan fingerprint density at radius 1 is 1.19 bits per heavy atom. The van der Waals surface area contributed by atoms with Crippen molar-refractivity contribution in [3.05, 3.63) is 41.5 Å². The fraction of sp³-hybridized carbons (Fsp3) is 0.556. The van der Waals surface area contributed by atoms with Crippen LogP contribution in [0.1, 0.15) is 24.0 Å². The van der Waals surface area contributed by atoms with Crippen molar-refractivity contribution in [2.45, 2.75) is 30.9 Å². The molecule has 0 amide bonds. The highest BCUT2D eigenvalue weighted by molar-refractivity contribution is 5.45. The molecule has 1 fully saturated rings. The molecule has 3 aliphatic rings. The lowest BCUT2D eigenvalue weighted by Crippen LogP contribution is -2.52. The first kappa shape index (κ1) is 13.4. The van der Waals surface area contributed by atoms with Crippen LogP contribution in [0.25, 0.3) is 0 Å². The van der Waals surface area contributed by atoms with Crippen molar-refractivity contribution < 1.29 is 9.47 Å². The van der Waals surface area contributed by atoms with Crippen LogP contribution in [0, 0.1) is 5.92 Å². The van der Waals surface area contributed by atoms with E-state index in [0.717, 1.165) is 18.6 Å². The molecule has 1 aliphatic carbocycles. The van der Waals surface area contributed by atoms with Crippen LogP contribution in [-0.4, -0.2) is 38.3 Å². The summed E-state index contributed by atoms with van der Waals surface area (Å²) < 4.78 is 11.2. The maximum absolute atomic E-state index is 5.67. The van der Waals surface area contributed by atoms with Crippen LogP contribution < -0.4 is 4.74 Å². The van der Waals surface area contributed by atoms with Crippen molar-refractivity contribution in [2.24, 2.45) is 5.92 Å². The molecule has 0 unspecified atom stereocenters. The molecule has 0 aromatic heterocycles. The third-order valence-electron chi connectivity index (χ3n) is 5.70. The van der Waals surface area contributed by atoms with Gasteiger partial charge in [0.05, 0.1) is 18.8 Å². The van der Waals surface area contributed by atoms with Gasteiger partial charge in [-0.15, -0.1) is 0 Å². The predicted octanol–water partition coefficient (Wildman–Crippen LogP) is 2.74. The summed E-state index contributed by atoms with van der Waals surface area (Å²) in [7, 11) is 3.57. The second kappa shape index (κ2) is 4.85. The Labute approximate surface area is 126 Å². The lowest BCUT2D eigenvalue weighted by atomic mass is 9.68. The van der Waals surface area contributed by atoms with Gasteiger partial charge in [-0.05, 0) is 42.6 Å². The third-order valence-corrected chi connectivity index (χ3v) is 5.70. The molecular formula is C18H23NO2. The van der Waals surface area contributed by atoms with Crippen LogP contribution in [0.3, 0.4) is 0 Å². The summed E-state index contributed by atoms with van der Waals surface area (Å²) in [6, 6.07) is 6.63. The van der Waals surface area contributed by atoms with E-state index in [-0.39, 0.29) is 11.6 Å². The van der Waals surface area contributed by atoms with Gasteiger partial charge >= 0.3 is 0 Å². The summed E-state index contributed by atoms with van der Waals surface area (Å²) in [5.74, 6) is 1.58. The Bertz CT molecular complexity index is 583. The van der Waals surface area contributed by atoms with E-state index in [0.29, 0.717) is 5.92 Å². The van der Waals surface area contributed by atoms with Gasteiger partial charge in [-0.25, -0.2) is 0 Å². The van der Waals surface area contributed by atoms with Crippen LogP contribution >= 0.6 is 0 Å². The Morgan fingerprint density at radius 2 is 2.10 bits per heavy atom. The SMILES string of the molecule is COc1ccc2c(c1)[C@]13C[C@H](OC)C=C[C@H]1CCN3CC2. The van der Waals surface area contributed by atoms with Gasteiger partial charge in [-0.1, -0.05) is 18.2 Å². The molecule has 3 heteroatoms. The van der Waals surface area contributed by atoms with Gasteiger partial charge in [0.15, 0.2) is 0 Å². The van der Waals surface area contributed by atoms with Gasteiger partial charge in [-0.3, -0.25) is 4.90 Å². The van der Waals surface area contributed by atoms with E-state index < -0.39 is 0 Å². The van der Waals surface area contributed by atoms with E-state index in [4.69, 9.17) is 9.47 Å². The minimum Gasteiger partial charge on any atom is -0.497 e. The monoisotopic (exact) mass is 285 g/mol. The molecule has 2 aliphatic heterocycles. The number of hydrogen-bond acceptors (Lipinski definition) is 3. The zero-order valence-electron chi connectivity index (χ0n) is 12.8. The van der Waals surface area contributed by atoms with Crippen LogP contribution in [0.4, 0.5) is 0 Å². The zero-order chi connectivity index (χ0) is 14.4. The summed E-state index contributed by atoms with van der Waals surface area (Å²) in [6.07, 6.45) is 8.34. The third kappa shape index (κ3) is 1.80. The molecule has 21 heavy (non-hydrogen) atoms. The lowest BCUT2D eigenvalue weighted by Gasteiger charge is -2.49. The molecule has 1 aromatic carbocycles. The first-order chi connectivity index (χ1) is 10.3. The number of ether oxygens (including phenoxy) is 2. The van der Waals surface area contributed by atoms with Crippen LogP contribution in [0.5, 0.6) is 5.75 Å². The average molecular weight is 285 g/mol. The van der Waals surface area contributed by atoms with Crippen molar-refractivity contribution in [1.29, 1.82) is 0 Å². The predicted molar refractivity (Wildman–Crippen MR) is 82.6 cm³/mol. The molecule has 0 radical (unpaired) electrons. The zero-order valence-corrected chi connectivity index (χ0v) is 12.8. The molecule has 112 valence electrons. The first-order valence-electron chi connectivity index (χ1n) is 7.91. The highest BCUT2D eigenvalue weighted by Crippen LogP contribution is 2.53. The Hall–Kier alpha value is -1.32. The van der Waals surface area contributed by atoms with E-state index >= 15 is 0 Å². The minimum absolute atomic E-state index is 0.123. The number of rotatable bonds is 2. The second-order valence-corrected chi connectivity index (χ2v) is 6.44. The number of hydrogen-bond donors (Lipinski definition) is 0. The highest BCUT2D eigenvalue weighted by atomic mass is 16.5. The Morgan fingerprint density at radius 3 is 2.90 bits per heavy atom. The van der Waals surface area contributed by atoms with E-state index in [1.807, 2.05) is 7.11 Å². The smallest absolute Gasteiger partial charge is 0.119 e. The van der Waals surface area contributed by atoms with Crippen molar-refractivity contribution >= 4 is 0 Å². The molecule has 1 spiro atoms. The largest absolute Gasteiger partial charge is 0.497 e. The van der Waals surface area contributed by atoms with Crippen molar-refractivity contribution in [3.63, 3.8) is 0 Å². The molecule has 1 aromatic rings. The molecule has 2 heterocycles. The minimum atomic E-state index is 0.123. The summed E-state index contributed by atoms with van der Waals surface area (Å²) in [5, 5.41) is 0. The summed E-state index contributed by atoms with van der Waals surface area (Å²) >= 11 is 0. The quantitative estimate of drug-likeness (QED) is 0.780. The van der Waals surface area contributed by atoms with E-state index in [1.54, 1.807) is 7.11 Å². The standard InChI is InChI=1S/C18H23NO2/c1-20-15-5-3-13-7-9-19-10-8-14-4-6-16(21-2)12-18(14,19)17(13)11-15/h3-6,11,14,16H,7-10,12H2,1-2H3/t14-,16+,18-/m0/s1. The fourth-order valence-electron chi connectivity index (χ4n) is 4.65. The summed E-state index contributed by atoms with van der Waals surface area (Å²) in [4.78, 5) is 2.69. The molecule has 4 rings (SSSR count). The van der Waals surface area contributed by atoms with Gasteiger partial charge in [-0.2, -0.15) is 0 Å². The van der Waals surface area contributed by atoms with Gasteiger partial charge in [0.25, 0.3) is 0 Å². The molecular weight excluding hydrogens is 262 g/mol. The Balaban J connectivity index is 1.88. The normalized spacial score (nSPS) is 34.2. The van der Waals surface area contributed by atoms with Crippen molar-refractivity contribution in [2.75, 3.05) is 27.3 Å². The van der Waals surface area contributed by atoms with Crippen molar-refractivity contribution in [1.82, 2.24) is 4.90 Å². The number of fused-ring (bicyclic) bond motifs is 1. The van der Waals surface area contributed by atoms with Crippen molar-refractivity contribution in [3.8, 4) is 5.75 Å². The molecule has 3 nitrogen and oxygen atoms in total. The number of benzene rings is 1. The van der Waals surface area contributed by atoms with Gasteiger partial charge in [0.1, 0.15) is 5.75 Å². The molecule has 3 atom stereocenters. The van der Waals surface area contributed by atoms with Crippen LogP contribution in [-0.2, 0) is 16.7 Å². The van der Waals surface area contributed by atoms with Crippen LogP contribution in [0.2, 0.25) is 0 Å². The fourth-order valence-corrected chi connectivity index (χ4v) is 4.65. The lowest BCUT2D eigenvalue weighted by molar-refractivity contribution is 0.0204. The highest BCUT2D eigenvalue weighted by Gasteiger charge is 2.53. The molecule has 0 N–H and O–H groups in total. The Kier molecular flexibility index (Phi) is 3.09. The average Bonchev–Trinajstić information content (AvgIpc) is 2.93. The first-order valence-corrected chi connectivity index (χ1v) is 7.91. The molecule has 1 saturated heterocycles. The van der Waals surface area contributed by atoms with Gasteiger partial charge < -0.3 is 9.47 Å². The molecule has 0 saturated carbocycles. The topological polar surface area (TPSA) is 21.7 Å². The van der Waals surface area contributed by atoms with E-state index in [9.17, 15) is 0 Å². The second-order valence-electron chi connectivity index (χ2n) is 6.44. The molecule has 0 bridgehead atoms. The maximum Gasteiger partial charge on any atom is 0.119 e. The van der Waals surface area contributed by atoms with E-state index in [2.05, 4.69) is 35.3 Å². The summed E-state index contributed by atoms with van der Waals surface area (Å²) in [5.41, 5.74) is 3.09.